The summed E-state index contributed by atoms with van der Waals surface area (Å²) >= 11 is 0. The Morgan fingerprint density at radius 1 is 0.583 bits per heavy atom. The van der Waals surface area contributed by atoms with Crippen molar-refractivity contribution in [3.63, 3.8) is 0 Å². The number of rotatable bonds is 0. The summed E-state index contributed by atoms with van der Waals surface area (Å²) in [5.74, 6) is 0. The average Bonchev–Trinajstić information content (AvgIpc) is 2.75. The van der Waals surface area contributed by atoms with E-state index in [4.69, 9.17) is 0 Å². The van der Waals surface area contributed by atoms with Gasteiger partial charge in [-0.3, -0.25) is 9.80 Å². The Balaban J connectivity index is 0.000000201. The zero-order chi connectivity index (χ0) is 27.1. The maximum atomic E-state index is 2.68. The van der Waals surface area contributed by atoms with Crippen LogP contribution < -0.4 is 0 Å². The Morgan fingerprint density at radius 2 is 1.08 bits per heavy atom. The fraction of sp³-hybridized carbons (Fsp3) is 0.647. The van der Waals surface area contributed by atoms with Crippen molar-refractivity contribution in [3.05, 3.63) is 70.8 Å². The van der Waals surface area contributed by atoms with Gasteiger partial charge >= 0.3 is 0 Å². The van der Waals surface area contributed by atoms with Crippen LogP contribution in [0.2, 0.25) is 0 Å². The van der Waals surface area contributed by atoms with Gasteiger partial charge in [0.25, 0.3) is 0 Å². The van der Waals surface area contributed by atoms with Gasteiger partial charge in [0.2, 0.25) is 0 Å². The molecule has 0 spiro atoms. The second kappa shape index (κ2) is 10.3. The Labute approximate surface area is 223 Å². The Morgan fingerprint density at radius 3 is 1.58 bits per heavy atom. The van der Waals surface area contributed by atoms with E-state index >= 15 is 0 Å². The van der Waals surface area contributed by atoms with Crippen molar-refractivity contribution in [2.75, 3.05) is 6.54 Å². The average molecular weight is 491 g/mol. The lowest BCUT2D eigenvalue weighted by molar-refractivity contribution is 0.00615. The number of nitrogens with zero attached hydrogens (tertiary/aromatic N) is 2. The van der Waals surface area contributed by atoms with Crippen molar-refractivity contribution in [3.8, 4) is 0 Å². The van der Waals surface area contributed by atoms with Crippen LogP contribution in [0.4, 0.5) is 0 Å². The first-order valence-corrected chi connectivity index (χ1v) is 14.1. The van der Waals surface area contributed by atoms with Gasteiger partial charge in [-0.1, -0.05) is 90.1 Å². The third-order valence-corrected chi connectivity index (χ3v) is 8.08. The molecule has 36 heavy (non-hydrogen) atoms. The zero-order valence-corrected chi connectivity index (χ0v) is 25.5. The molecule has 2 aromatic rings. The summed E-state index contributed by atoms with van der Waals surface area (Å²) < 4.78 is 0. The molecule has 0 bridgehead atoms. The van der Waals surface area contributed by atoms with Crippen molar-refractivity contribution in [2.24, 2.45) is 10.8 Å². The first-order valence-electron chi connectivity index (χ1n) is 14.1. The highest BCUT2D eigenvalue weighted by Gasteiger charge is 2.41. The summed E-state index contributed by atoms with van der Waals surface area (Å²) in [7, 11) is 0. The van der Waals surface area contributed by atoms with Crippen LogP contribution in [0.15, 0.2) is 48.5 Å². The van der Waals surface area contributed by atoms with Crippen molar-refractivity contribution in [2.45, 2.75) is 126 Å². The highest BCUT2D eigenvalue weighted by atomic mass is 15.2. The topological polar surface area (TPSA) is 6.48 Å². The van der Waals surface area contributed by atoms with Gasteiger partial charge in [0.15, 0.2) is 0 Å². The van der Waals surface area contributed by atoms with Gasteiger partial charge in [0.1, 0.15) is 0 Å². The molecule has 2 unspecified atom stereocenters. The first kappa shape index (κ1) is 28.9. The van der Waals surface area contributed by atoms with Crippen molar-refractivity contribution >= 4 is 0 Å². The van der Waals surface area contributed by atoms with E-state index in [1.165, 1.54) is 41.6 Å². The Hall–Kier alpha value is -1.64. The van der Waals surface area contributed by atoms with Crippen molar-refractivity contribution < 1.29 is 0 Å². The minimum Gasteiger partial charge on any atom is -0.291 e. The van der Waals surface area contributed by atoms with Crippen LogP contribution in [0.5, 0.6) is 0 Å². The van der Waals surface area contributed by atoms with Crippen LogP contribution in [0.3, 0.4) is 0 Å². The van der Waals surface area contributed by atoms with E-state index in [-0.39, 0.29) is 16.5 Å². The van der Waals surface area contributed by atoms with Crippen LogP contribution in [-0.2, 0) is 19.4 Å². The predicted molar refractivity (Wildman–Crippen MR) is 157 cm³/mol. The molecule has 0 aliphatic carbocycles. The minimum absolute atomic E-state index is 0.228. The molecule has 0 radical (unpaired) electrons. The monoisotopic (exact) mass is 490 g/mol. The van der Waals surface area contributed by atoms with Crippen LogP contribution >= 0.6 is 0 Å². The molecule has 2 atom stereocenters. The summed E-state index contributed by atoms with van der Waals surface area (Å²) in [6.45, 7) is 30.4. The van der Waals surface area contributed by atoms with E-state index in [0.717, 1.165) is 6.54 Å². The molecule has 0 amide bonds. The molecule has 0 aromatic heterocycles. The summed E-state index contributed by atoms with van der Waals surface area (Å²) in [4.78, 5) is 5.35. The maximum Gasteiger partial charge on any atom is 0.0404 e. The first-order chi connectivity index (χ1) is 16.4. The number of hydrogen-bond acceptors (Lipinski definition) is 2. The van der Waals surface area contributed by atoms with Crippen LogP contribution in [0, 0.1) is 10.8 Å². The second-order valence-corrected chi connectivity index (χ2v) is 15.2. The second-order valence-electron chi connectivity index (χ2n) is 15.2. The zero-order valence-electron chi connectivity index (χ0n) is 25.5. The maximum absolute atomic E-state index is 2.68. The molecular formula is C34H54N2. The normalized spacial score (nSPS) is 21.8. The number of hydrogen-bond donors (Lipinski definition) is 0. The molecule has 2 heterocycles. The minimum atomic E-state index is 0.228. The molecule has 2 heteroatoms. The molecule has 200 valence electrons. The fourth-order valence-corrected chi connectivity index (χ4v) is 6.22. The van der Waals surface area contributed by atoms with Gasteiger partial charge in [0, 0.05) is 36.3 Å². The quantitative estimate of drug-likeness (QED) is 0.364. The molecule has 2 aliphatic rings. The molecule has 4 rings (SSSR count). The van der Waals surface area contributed by atoms with Gasteiger partial charge < -0.3 is 0 Å². The van der Waals surface area contributed by atoms with Crippen LogP contribution in [0.25, 0.3) is 0 Å². The summed E-state index contributed by atoms with van der Waals surface area (Å²) in [5, 5.41) is 0. The van der Waals surface area contributed by atoms with Gasteiger partial charge in [-0.25, -0.2) is 0 Å². The van der Waals surface area contributed by atoms with Crippen LogP contribution in [0.1, 0.15) is 111 Å². The van der Waals surface area contributed by atoms with Gasteiger partial charge in [0.05, 0.1) is 0 Å². The van der Waals surface area contributed by atoms with Gasteiger partial charge in [-0.2, -0.15) is 0 Å². The van der Waals surface area contributed by atoms with Crippen LogP contribution in [-0.4, -0.2) is 33.5 Å². The summed E-state index contributed by atoms with van der Waals surface area (Å²) in [5.41, 5.74) is 7.16. The summed E-state index contributed by atoms with van der Waals surface area (Å²) in [6.07, 6.45) is 2.36. The molecule has 2 nitrogen and oxygen atoms in total. The molecule has 0 saturated heterocycles. The van der Waals surface area contributed by atoms with E-state index < -0.39 is 0 Å². The molecular weight excluding hydrogens is 436 g/mol. The molecule has 0 saturated carbocycles. The molecule has 0 fully saturated rings. The SMILES string of the molecule is CC(C)(C)C1Cc2ccccc2CN1C(C)(C)C.CC(C)(C)C1c2ccccc2CCN1C(C)(C)C. The van der Waals surface area contributed by atoms with E-state index in [2.05, 4.69) is 141 Å². The molecule has 0 N–H and O–H groups in total. The van der Waals surface area contributed by atoms with E-state index in [0.29, 0.717) is 17.5 Å². The highest BCUT2D eigenvalue weighted by molar-refractivity contribution is 5.34. The van der Waals surface area contributed by atoms with E-state index in [1.807, 2.05) is 0 Å². The largest absolute Gasteiger partial charge is 0.291 e. The van der Waals surface area contributed by atoms with Gasteiger partial charge in [-0.05, 0) is 87.5 Å². The van der Waals surface area contributed by atoms with Gasteiger partial charge in [-0.15, -0.1) is 0 Å². The smallest absolute Gasteiger partial charge is 0.0404 e. The Kier molecular flexibility index (Phi) is 8.24. The molecule has 2 aliphatic heterocycles. The molecule has 2 aromatic carbocycles. The van der Waals surface area contributed by atoms with Crippen molar-refractivity contribution in [1.82, 2.24) is 9.80 Å². The van der Waals surface area contributed by atoms with Crippen molar-refractivity contribution in [1.29, 1.82) is 0 Å². The lowest BCUT2D eigenvalue weighted by Gasteiger charge is -2.50. The highest BCUT2D eigenvalue weighted by Crippen LogP contribution is 2.45. The Bertz CT molecular complexity index is 949. The van der Waals surface area contributed by atoms with E-state index in [1.54, 1.807) is 0 Å². The number of benzene rings is 2. The standard InChI is InChI=1S/2C17H27N/c1-16(2,3)15-11-13-9-7-8-10-14(13)12-18(15)17(4,5)6;1-16(2,3)15-14-10-8-7-9-13(14)11-12-18(15)17(4,5)6/h2*7-10,15H,11-12H2,1-6H3. The predicted octanol–water partition coefficient (Wildman–Crippen LogP) is 8.69. The lowest BCUT2D eigenvalue weighted by atomic mass is 9.75. The number of fused-ring (bicyclic) bond motifs is 2. The summed E-state index contributed by atoms with van der Waals surface area (Å²) in [6, 6.07) is 19.0. The fourth-order valence-electron chi connectivity index (χ4n) is 6.22. The third kappa shape index (κ3) is 6.62. The lowest BCUT2D eigenvalue weighted by Crippen LogP contribution is -2.55. The third-order valence-electron chi connectivity index (χ3n) is 8.08. The van der Waals surface area contributed by atoms with E-state index in [9.17, 15) is 0 Å².